The molecule has 100 valence electrons. The maximum atomic E-state index is 12.6. The summed E-state index contributed by atoms with van der Waals surface area (Å²) in [7, 11) is 1.79. The summed E-state index contributed by atoms with van der Waals surface area (Å²) in [5.41, 5.74) is 3.51. The molecule has 0 unspecified atom stereocenters. The summed E-state index contributed by atoms with van der Waals surface area (Å²) >= 11 is 0. The number of rotatable bonds is 2. The van der Waals surface area contributed by atoms with Gasteiger partial charge in [-0.25, -0.2) is 0 Å². The lowest BCUT2D eigenvalue weighted by molar-refractivity contribution is 0.0993. The van der Waals surface area contributed by atoms with E-state index in [-0.39, 0.29) is 5.91 Å². The van der Waals surface area contributed by atoms with Gasteiger partial charge in [0.15, 0.2) is 0 Å². The van der Waals surface area contributed by atoms with E-state index in [1.54, 1.807) is 18.1 Å². The van der Waals surface area contributed by atoms with Crippen molar-refractivity contribution in [3.05, 3.63) is 59.8 Å². The molecule has 4 nitrogen and oxygen atoms in total. The van der Waals surface area contributed by atoms with Gasteiger partial charge in [-0.1, -0.05) is 24.3 Å². The Hall–Kier alpha value is -2.62. The Morgan fingerprint density at radius 2 is 2.00 bits per heavy atom. The number of nitrogens with zero attached hydrogens (tertiary/aromatic N) is 2. The van der Waals surface area contributed by atoms with Gasteiger partial charge in [-0.3, -0.25) is 9.89 Å². The number of carbonyl (C=O) groups excluding carboxylic acids is 1. The van der Waals surface area contributed by atoms with Gasteiger partial charge >= 0.3 is 0 Å². The lowest BCUT2D eigenvalue weighted by Crippen LogP contribution is -2.26. The fraction of sp³-hybridized carbons (Fsp3) is 0.125. The average molecular weight is 265 g/mol. The summed E-state index contributed by atoms with van der Waals surface area (Å²) in [6.07, 6.45) is 1.74. The van der Waals surface area contributed by atoms with Gasteiger partial charge in [0, 0.05) is 23.7 Å². The second kappa shape index (κ2) is 4.81. The number of aromatic nitrogens is 2. The van der Waals surface area contributed by atoms with Crippen molar-refractivity contribution in [2.45, 2.75) is 6.92 Å². The molecule has 0 bridgehead atoms. The van der Waals surface area contributed by atoms with Gasteiger partial charge in [-0.15, -0.1) is 0 Å². The number of aryl methyl sites for hydroxylation is 1. The van der Waals surface area contributed by atoms with Crippen LogP contribution < -0.4 is 4.90 Å². The number of benzene rings is 2. The van der Waals surface area contributed by atoms with Crippen molar-refractivity contribution in [3.8, 4) is 0 Å². The topological polar surface area (TPSA) is 49.0 Å². The molecule has 0 fully saturated rings. The van der Waals surface area contributed by atoms with Crippen molar-refractivity contribution in [2.24, 2.45) is 0 Å². The minimum atomic E-state index is -0.0317. The molecule has 4 heteroatoms. The number of nitrogens with one attached hydrogen (secondary N) is 1. The smallest absolute Gasteiger partial charge is 0.258 e. The van der Waals surface area contributed by atoms with Crippen LogP contribution in [-0.4, -0.2) is 23.2 Å². The van der Waals surface area contributed by atoms with Crippen LogP contribution in [0, 0.1) is 6.92 Å². The van der Waals surface area contributed by atoms with Gasteiger partial charge in [0.05, 0.1) is 11.7 Å². The van der Waals surface area contributed by atoms with Crippen LogP contribution in [0.5, 0.6) is 0 Å². The van der Waals surface area contributed by atoms with Gasteiger partial charge in [-0.2, -0.15) is 5.10 Å². The van der Waals surface area contributed by atoms with Gasteiger partial charge in [0.25, 0.3) is 5.91 Å². The van der Waals surface area contributed by atoms with E-state index in [4.69, 9.17) is 0 Å². The molecule has 0 spiro atoms. The molecule has 2 aromatic carbocycles. The van der Waals surface area contributed by atoms with Crippen LogP contribution in [0.4, 0.5) is 5.69 Å². The first-order valence-corrected chi connectivity index (χ1v) is 6.43. The molecule has 0 radical (unpaired) electrons. The zero-order valence-electron chi connectivity index (χ0n) is 11.4. The van der Waals surface area contributed by atoms with E-state index in [1.807, 2.05) is 49.4 Å². The van der Waals surface area contributed by atoms with E-state index >= 15 is 0 Å². The lowest BCUT2D eigenvalue weighted by atomic mass is 10.1. The van der Waals surface area contributed by atoms with Crippen molar-refractivity contribution >= 4 is 22.5 Å². The third kappa shape index (κ3) is 2.05. The number of fused-ring (bicyclic) bond motifs is 1. The highest BCUT2D eigenvalue weighted by molar-refractivity contribution is 6.07. The number of aromatic amines is 1. The molecule has 1 N–H and O–H groups in total. The third-order valence-electron chi connectivity index (χ3n) is 3.47. The molecule has 1 heterocycles. The van der Waals surface area contributed by atoms with Crippen molar-refractivity contribution in [1.29, 1.82) is 0 Å². The second-order valence-electron chi connectivity index (χ2n) is 4.82. The molecule has 3 rings (SSSR count). The summed E-state index contributed by atoms with van der Waals surface area (Å²) in [5.74, 6) is -0.0317. The van der Waals surface area contributed by atoms with Crippen molar-refractivity contribution in [2.75, 3.05) is 11.9 Å². The highest BCUT2D eigenvalue weighted by Crippen LogP contribution is 2.21. The van der Waals surface area contributed by atoms with Crippen molar-refractivity contribution in [1.82, 2.24) is 10.2 Å². The number of anilines is 1. The van der Waals surface area contributed by atoms with Crippen LogP contribution in [0.25, 0.3) is 10.9 Å². The Bertz CT molecular complexity index is 776. The number of H-pyrrole nitrogens is 1. The van der Waals surface area contributed by atoms with Gasteiger partial charge in [0.2, 0.25) is 0 Å². The van der Waals surface area contributed by atoms with E-state index in [9.17, 15) is 4.79 Å². The Labute approximate surface area is 117 Å². The Balaban J connectivity index is 1.97. The zero-order chi connectivity index (χ0) is 14.1. The molecule has 3 aromatic rings. The number of para-hydroxylation sites is 1. The molecule has 0 saturated heterocycles. The van der Waals surface area contributed by atoms with Crippen molar-refractivity contribution < 1.29 is 4.79 Å². The molecule has 0 saturated carbocycles. The van der Waals surface area contributed by atoms with E-state index in [0.29, 0.717) is 5.56 Å². The van der Waals surface area contributed by atoms with Crippen LogP contribution >= 0.6 is 0 Å². The van der Waals surface area contributed by atoms with E-state index in [2.05, 4.69) is 10.2 Å². The number of hydrogen-bond donors (Lipinski definition) is 1. The molecule has 0 aliphatic rings. The van der Waals surface area contributed by atoms with E-state index < -0.39 is 0 Å². The molecular weight excluding hydrogens is 250 g/mol. The maximum absolute atomic E-state index is 12.6. The molecule has 1 amide bonds. The number of hydrogen-bond acceptors (Lipinski definition) is 2. The normalized spacial score (nSPS) is 10.7. The lowest BCUT2D eigenvalue weighted by Gasteiger charge is -2.19. The summed E-state index contributed by atoms with van der Waals surface area (Å²) in [4.78, 5) is 14.2. The second-order valence-corrected chi connectivity index (χ2v) is 4.82. The van der Waals surface area contributed by atoms with Gasteiger partial charge in [-0.05, 0) is 30.7 Å². The zero-order valence-corrected chi connectivity index (χ0v) is 11.4. The minimum Gasteiger partial charge on any atom is -0.311 e. The standard InChI is InChI=1S/C16H15N3O/c1-11-5-3-4-6-15(11)19(2)16(20)12-7-8-13-10-17-18-14(13)9-12/h3-10H,1-2H3,(H,17,18). The highest BCUT2D eigenvalue weighted by Gasteiger charge is 2.15. The number of amides is 1. The third-order valence-corrected chi connectivity index (χ3v) is 3.47. The summed E-state index contributed by atoms with van der Waals surface area (Å²) in [6, 6.07) is 13.4. The summed E-state index contributed by atoms with van der Waals surface area (Å²) in [5, 5.41) is 7.85. The largest absolute Gasteiger partial charge is 0.311 e. The minimum absolute atomic E-state index is 0.0317. The summed E-state index contributed by atoms with van der Waals surface area (Å²) in [6.45, 7) is 2.00. The first-order chi connectivity index (χ1) is 9.66. The molecule has 20 heavy (non-hydrogen) atoms. The van der Waals surface area contributed by atoms with E-state index in [0.717, 1.165) is 22.2 Å². The highest BCUT2D eigenvalue weighted by atomic mass is 16.2. The Morgan fingerprint density at radius 3 is 2.80 bits per heavy atom. The fourth-order valence-electron chi connectivity index (χ4n) is 2.31. The predicted molar refractivity (Wildman–Crippen MR) is 80.0 cm³/mol. The Morgan fingerprint density at radius 1 is 1.20 bits per heavy atom. The van der Waals surface area contributed by atoms with Gasteiger partial charge < -0.3 is 4.90 Å². The van der Waals surface area contributed by atoms with Crippen LogP contribution in [0.1, 0.15) is 15.9 Å². The predicted octanol–water partition coefficient (Wildman–Crippen LogP) is 3.15. The summed E-state index contributed by atoms with van der Waals surface area (Å²) < 4.78 is 0. The molecule has 0 aliphatic heterocycles. The average Bonchev–Trinajstić information content (AvgIpc) is 2.93. The van der Waals surface area contributed by atoms with Crippen LogP contribution in [-0.2, 0) is 0 Å². The fourth-order valence-corrected chi connectivity index (χ4v) is 2.31. The Kier molecular flexibility index (Phi) is 2.99. The first-order valence-electron chi connectivity index (χ1n) is 6.43. The molecular formula is C16H15N3O. The monoisotopic (exact) mass is 265 g/mol. The quantitative estimate of drug-likeness (QED) is 0.773. The van der Waals surface area contributed by atoms with Crippen LogP contribution in [0.3, 0.4) is 0 Å². The van der Waals surface area contributed by atoms with Crippen molar-refractivity contribution in [3.63, 3.8) is 0 Å². The first kappa shape index (κ1) is 12.4. The number of carbonyl (C=O) groups is 1. The van der Waals surface area contributed by atoms with Gasteiger partial charge in [0.1, 0.15) is 0 Å². The van der Waals surface area contributed by atoms with Crippen LogP contribution in [0.2, 0.25) is 0 Å². The maximum Gasteiger partial charge on any atom is 0.258 e. The molecule has 0 aliphatic carbocycles. The van der Waals surface area contributed by atoms with E-state index in [1.165, 1.54) is 0 Å². The molecule has 1 aromatic heterocycles. The SMILES string of the molecule is Cc1ccccc1N(C)C(=O)c1ccc2cn[nH]c2c1. The molecule has 0 atom stereocenters. The van der Waals surface area contributed by atoms with Crippen LogP contribution in [0.15, 0.2) is 48.7 Å².